The maximum absolute atomic E-state index is 5.39. The monoisotopic (exact) mass is 210 g/mol. The van der Waals surface area contributed by atoms with Crippen molar-refractivity contribution in [3.8, 4) is 12.3 Å². The van der Waals surface area contributed by atoms with Crippen molar-refractivity contribution in [2.45, 2.75) is 40.2 Å². The van der Waals surface area contributed by atoms with Crippen LogP contribution in [0, 0.1) is 18.3 Å². The van der Waals surface area contributed by atoms with Gasteiger partial charge in [-0.15, -0.1) is 6.42 Å². The minimum atomic E-state index is 0.556. The molecular weight excluding hydrogens is 184 g/mol. The van der Waals surface area contributed by atoms with Crippen LogP contribution in [0.5, 0.6) is 0 Å². The van der Waals surface area contributed by atoms with E-state index in [-0.39, 0.29) is 0 Å². The van der Waals surface area contributed by atoms with E-state index in [1.165, 1.54) is 6.42 Å². The van der Waals surface area contributed by atoms with Gasteiger partial charge >= 0.3 is 0 Å². The van der Waals surface area contributed by atoms with Crippen LogP contribution in [0.1, 0.15) is 34.1 Å². The average molecular weight is 210 g/mol. The first kappa shape index (κ1) is 14.5. The molecule has 0 aromatic heterocycles. The minimum Gasteiger partial charge on any atom is -0.317 e. The molecule has 0 radical (unpaired) electrons. The Hall–Kier alpha value is -0.520. The fourth-order valence-corrected chi connectivity index (χ4v) is 1.73. The summed E-state index contributed by atoms with van der Waals surface area (Å²) >= 11 is 0. The van der Waals surface area contributed by atoms with E-state index in [1.54, 1.807) is 0 Å². The first-order valence-corrected chi connectivity index (χ1v) is 6.05. The summed E-state index contributed by atoms with van der Waals surface area (Å²) in [4.78, 5) is 2.39. The van der Waals surface area contributed by atoms with Crippen molar-refractivity contribution in [1.29, 1.82) is 0 Å². The molecule has 0 spiro atoms. The highest BCUT2D eigenvalue weighted by Crippen LogP contribution is 2.10. The molecule has 0 saturated heterocycles. The Bertz CT molecular complexity index is 183. The van der Waals surface area contributed by atoms with Gasteiger partial charge in [0.2, 0.25) is 0 Å². The lowest BCUT2D eigenvalue weighted by atomic mass is 10.0. The highest BCUT2D eigenvalue weighted by molar-refractivity contribution is 4.90. The summed E-state index contributed by atoms with van der Waals surface area (Å²) in [5, 5.41) is 3.39. The molecule has 0 aromatic carbocycles. The van der Waals surface area contributed by atoms with Crippen LogP contribution in [-0.4, -0.2) is 37.1 Å². The second-order valence-electron chi connectivity index (χ2n) is 4.20. The smallest absolute Gasteiger partial charge is 0.0601 e. The minimum absolute atomic E-state index is 0.556. The molecule has 2 unspecified atom stereocenters. The molecule has 0 aromatic rings. The number of nitrogens with zero attached hydrogens (tertiary/aromatic N) is 1. The van der Waals surface area contributed by atoms with Crippen molar-refractivity contribution < 1.29 is 0 Å². The SMILES string of the molecule is C#CCN(CCC)C(C)C(C)CNCC. The number of hydrogen-bond donors (Lipinski definition) is 1. The molecule has 0 amide bonds. The van der Waals surface area contributed by atoms with E-state index in [2.05, 4.69) is 43.8 Å². The van der Waals surface area contributed by atoms with Gasteiger partial charge in [-0.05, 0) is 38.9 Å². The molecular formula is C13H26N2. The van der Waals surface area contributed by atoms with Crippen LogP contribution in [0.2, 0.25) is 0 Å². The lowest BCUT2D eigenvalue weighted by molar-refractivity contribution is 0.179. The third kappa shape index (κ3) is 5.81. The molecule has 0 aliphatic carbocycles. The summed E-state index contributed by atoms with van der Waals surface area (Å²) in [5.74, 6) is 3.39. The third-order valence-corrected chi connectivity index (χ3v) is 2.92. The largest absolute Gasteiger partial charge is 0.317 e. The van der Waals surface area contributed by atoms with E-state index >= 15 is 0 Å². The fraction of sp³-hybridized carbons (Fsp3) is 0.846. The first-order chi connectivity index (χ1) is 7.17. The fourth-order valence-electron chi connectivity index (χ4n) is 1.73. The van der Waals surface area contributed by atoms with Gasteiger partial charge < -0.3 is 5.32 Å². The van der Waals surface area contributed by atoms with Gasteiger partial charge in [0.1, 0.15) is 0 Å². The van der Waals surface area contributed by atoms with Crippen LogP contribution in [0.25, 0.3) is 0 Å². The van der Waals surface area contributed by atoms with Gasteiger partial charge in [0.25, 0.3) is 0 Å². The molecule has 2 heteroatoms. The van der Waals surface area contributed by atoms with Crippen LogP contribution in [0.3, 0.4) is 0 Å². The molecule has 0 heterocycles. The molecule has 88 valence electrons. The molecule has 1 N–H and O–H groups in total. The summed E-state index contributed by atoms with van der Waals surface area (Å²) in [5.41, 5.74) is 0. The number of terminal acetylenes is 1. The van der Waals surface area contributed by atoms with Gasteiger partial charge in [-0.1, -0.05) is 26.7 Å². The quantitative estimate of drug-likeness (QED) is 0.616. The first-order valence-electron chi connectivity index (χ1n) is 6.05. The third-order valence-electron chi connectivity index (χ3n) is 2.92. The highest BCUT2D eigenvalue weighted by atomic mass is 15.1. The van der Waals surface area contributed by atoms with Crippen molar-refractivity contribution in [1.82, 2.24) is 10.2 Å². The summed E-state index contributed by atoms with van der Waals surface area (Å²) in [6, 6.07) is 0.556. The maximum Gasteiger partial charge on any atom is 0.0601 e. The molecule has 0 fully saturated rings. The Morgan fingerprint density at radius 3 is 2.47 bits per heavy atom. The normalized spacial score (nSPS) is 14.9. The summed E-state index contributed by atoms with van der Waals surface area (Å²) in [6.07, 6.45) is 6.56. The van der Waals surface area contributed by atoms with Crippen molar-refractivity contribution in [3.63, 3.8) is 0 Å². The van der Waals surface area contributed by atoms with Crippen molar-refractivity contribution in [3.05, 3.63) is 0 Å². The van der Waals surface area contributed by atoms with E-state index in [0.29, 0.717) is 12.0 Å². The predicted octanol–water partition coefficient (Wildman–Crippen LogP) is 1.97. The van der Waals surface area contributed by atoms with Gasteiger partial charge in [0.15, 0.2) is 0 Å². The topological polar surface area (TPSA) is 15.3 Å². The molecule has 0 aliphatic rings. The van der Waals surface area contributed by atoms with Crippen molar-refractivity contribution in [2.75, 3.05) is 26.2 Å². The molecule has 2 nitrogen and oxygen atoms in total. The van der Waals surface area contributed by atoms with Crippen LogP contribution < -0.4 is 5.32 Å². The molecule has 2 atom stereocenters. The molecule has 0 aliphatic heterocycles. The van der Waals surface area contributed by atoms with E-state index in [4.69, 9.17) is 6.42 Å². The standard InChI is InChI=1S/C13H26N2/c1-6-9-15(10-7-2)13(5)12(4)11-14-8-3/h1,12-14H,7-11H2,2-5H3. The second kappa shape index (κ2) is 8.76. The molecule has 15 heavy (non-hydrogen) atoms. The number of nitrogens with one attached hydrogen (secondary N) is 1. The van der Waals surface area contributed by atoms with Crippen LogP contribution in [0.4, 0.5) is 0 Å². The molecule has 0 rings (SSSR count). The van der Waals surface area contributed by atoms with Gasteiger partial charge in [-0.25, -0.2) is 0 Å². The van der Waals surface area contributed by atoms with Crippen LogP contribution >= 0.6 is 0 Å². The van der Waals surface area contributed by atoms with Gasteiger partial charge in [0, 0.05) is 6.04 Å². The lowest BCUT2D eigenvalue weighted by Gasteiger charge is -2.31. The molecule has 0 saturated carbocycles. The van der Waals surface area contributed by atoms with Gasteiger partial charge in [-0.3, -0.25) is 4.90 Å². The zero-order valence-corrected chi connectivity index (χ0v) is 10.7. The highest BCUT2D eigenvalue weighted by Gasteiger charge is 2.18. The summed E-state index contributed by atoms with van der Waals surface area (Å²) in [7, 11) is 0. The van der Waals surface area contributed by atoms with Crippen LogP contribution in [0.15, 0.2) is 0 Å². The van der Waals surface area contributed by atoms with E-state index in [1.807, 2.05) is 0 Å². The Kier molecular flexibility index (Phi) is 8.46. The maximum atomic E-state index is 5.39. The zero-order valence-electron chi connectivity index (χ0n) is 10.7. The second-order valence-corrected chi connectivity index (χ2v) is 4.20. The average Bonchev–Trinajstić information content (AvgIpc) is 2.24. The predicted molar refractivity (Wildman–Crippen MR) is 67.9 cm³/mol. The van der Waals surface area contributed by atoms with Crippen molar-refractivity contribution in [2.24, 2.45) is 5.92 Å². The number of rotatable bonds is 8. The van der Waals surface area contributed by atoms with Gasteiger partial charge in [-0.2, -0.15) is 0 Å². The van der Waals surface area contributed by atoms with E-state index in [9.17, 15) is 0 Å². The Labute approximate surface area is 95.4 Å². The molecule has 0 bridgehead atoms. The van der Waals surface area contributed by atoms with E-state index in [0.717, 1.165) is 26.2 Å². The van der Waals surface area contributed by atoms with E-state index < -0.39 is 0 Å². The number of hydrogen-bond acceptors (Lipinski definition) is 2. The zero-order chi connectivity index (χ0) is 11.7. The van der Waals surface area contributed by atoms with Crippen LogP contribution in [-0.2, 0) is 0 Å². The van der Waals surface area contributed by atoms with Gasteiger partial charge in [0.05, 0.1) is 6.54 Å². The summed E-state index contributed by atoms with van der Waals surface area (Å²) in [6.45, 7) is 12.9. The lowest BCUT2D eigenvalue weighted by Crippen LogP contribution is -2.41. The Balaban J connectivity index is 4.09. The Morgan fingerprint density at radius 1 is 1.33 bits per heavy atom. The Morgan fingerprint density at radius 2 is 2.00 bits per heavy atom. The summed E-state index contributed by atoms with van der Waals surface area (Å²) < 4.78 is 0. The van der Waals surface area contributed by atoms with Crippen molar-refractivity contribution >= 4 is 0 Å².